The molecule has 2 heterocycles. The summed E-state index contributed by atoms with van der Waals surface area (Å²) in [5, 5.41) is 4.89. The summed E-state index contributed by atoms with van der Waals surface area (Å²) >= 11 is 1.52. The normalized spacial score (nSPS) is 11.0. The molecule has 1 amide bonds. The molecule has 28 heavy (non-hydrogen) atoms. The van der Waals surface area contributed by atoms with Crippen LogP contribution in [0.3, 0.4) is 0 Å². The van der Waals surface area contributed by atoms with Gasteiger partial charge in [-0.2, -0.15) is 5.10 Å². The molecule has 0 N–H and O–H groups in total. The molecule has 0 aliphatic carbocycles. The highest BCUT2D eigenvalue weighted by Gasteiger charge is 2.26. The fraction of sp³-hybridized carbons (Fsp3) is 0.421. The quantitative estimate of drug-likeness (QED) is 0.608. The number of halogens is 1. The first-order chi connectivity index (χ1) is 12.8. The maximum atomic E-state index is 13.4. The molecule has 0 fully saturated rings. The molecule has 0 radical (unpaired) electrons. The maximum absolute atomic E-state index is 13.4. The number of methoxy groups -OCH3 is 1. The molecule has 0 atom stereocenters. The van der Waals surface area contributed by atoms with Crippen LogP contribution in [0.2, 0.25) is 0 Å². The van der Waals surface area contributed by atoms with Gasteiger partial charge in [0.2, 0.25) is 0 Å². The van der Waals surface area contributed by atoms with Crippen LogP contribution in [0, 0.1) is 13.8 Å². The highest BCUT2D eigenvalue weighted by molar-refractivity contribution is 7.22. The first kappa shape index (κ1) is 22.1. The summed E-state index contributed by atoms with van der Waals surface area (Å²) in [4.78, 5) is 21.9. The minimum absolute atomic E-state index is 0. The summed E-state index contributed by atoms with van der Waals surface area (Å²) in [6.45, 7) is 5.21. The molecule has 3 rings (SSSR count). The van der Waals surface area contributed by atoms with Crippen molar-refractivity contribution in [2.45, 2.75) is 13.8 Å². The van der Waals surface area contributed by atoms with Crippen molar-refractivity contribution in [1.29, 1.82) is 0 Å². The van der Waals surface area contributed by atoms with E-state index >= 15 is 0 Å². The van der Waals surface area contributed by atoms with Gasteiger partial charge >= 0.3 is 0 Å². The predicted octanol–water partition coefficient (Wildman–Crippen LogP) is 3.29. The fourth-order valence-corrected chi connectivity index (χ4v) is 4.02. The van der Waals surface area contributed by atoms with Gasteiger partial charge in [0.15, 0.2) is 5.13 Å². The van der Waals surface area contributed by atoms with Crippen LogP contribution in [0.25, 0.3) is 10.2 Å². The highest BCUT2D eigenvalue weighted by atomic mass is 35.5. The number of carbonyl (C=O) groups is 1. The number of aromatic nitrogens is 3. The minimum Gasteiger partial charge on any atom is -0.494 e. The van der Waals surface area contributed by atoms with E-state index < -0.39 is 0 Å². The number of fused-ring (bicyclic) bond motifs is 1. The smallest absolute Gasteiger partial charge is 0.278 e. The summed E-state index contributed by atoms with van der Waals surface area (Å²) in [6.07, 6.45) is 1.71. The van der Waals surface area contributed by atoms with Gasteiger partial charge in [0.05, 0.1) is 18.0 Å². The summed E-state index contributed by atoms with van der Waals surface area (Å²) in [6, 6.07) is 3.93. The van der Waals surface area contributed by atoms with Crippen LogP contribution in [0.4, 0.5) is 5.13 Å². The molecular weight excluding hydrogens is 398 g/mol. The Hall–Kier alpha value is -2.16. The van der Waals surface area contributed by atoms with E-state index in [-0.39, 0.29) is 18.3 Å². The van der Waals surface area contributed by atoms with E-state index in [1.54, 1.807) is 29.9 Å². The van der Waals surface area contributed by atoms with Gasteiger partial charge in [0, 0.05) is 20.1 Å². The molecule has 0 aliphatic rings. The largest absolute Gasteiger partial charge is 0.494 e. The molecule has 0 spiro atoms. The van der Waals surface area contributed by atoms with Gasteiger partial charge in [0.1, 0.15) is 17.0 Å². The van der Waals surface area contributed by atoms with E-state index in [1.807, 2.05) is 40.1 Å². The van der Waals surface area contributed by atoms with E-state index in [0.29, 0.717) is 17.4 Å². The van der Waals surface area contributed by atoms with Crippen LogP contribution in [-0.4, -0.2) is 59.9 Å². The van der Waals surface area contributed by atoms with E-state index in [2.05, 4.69) is 10.00 Å². The monoisotopic (exact) mass is 423 g/mol. The molecule has 152 valence electrons. The van der Waals surface area contributed by atoms with E-state index in [4.69, 9.17) is 9.72 Å². The minimum atomic E-state index is -0.0926. The molecule has 1 aromatic carbocycles. The Balaban J connectivity index is 0.00000280. The number of amides is 1. The molecule has 7 nitrogen and oxygen atoms in total. The lowest BCUT2D eigenvalue weighted by Crippen LogP contribution is -2.38. The van der Waals surface area contributed by atoms with Crippen molar-refractivity contribution in [1.82, 2.24) is 19.7 Å². The van der Waals surface area contributed by atoms with Gasteiger partial charge in [-0.25, -0.2) is 4.98 Å². The van der Waals surface area contributed by atoms with Crippen molar-refractivity contribution in [2.75, 3.05) is 39.2 Å². The van der Waals surface area contributed by atoms with E-state index in [1.165, 1.54) is 11.3 Å². The van der Waals surface area contributed by atoms with E-state index in [9.17, 15) is 4.79 Å². The number of thiazole rings is 1. The average molecular weight is 424 g/mol. The van der Waals surface area contributed by atoms with Crippen LogP contribution >= 0.6 is 23.7 Å². The first-order valence-electron chi connectivity index (χ1n) is 8.72. The Morgan fingerprint density at radius 1 is 1.21 bits per heavy atom. The van der Waals surface area contributed by atoms with Crippen LogP contribution in [0.5, 0.6) is 5.75 Å². The van der Waals surface area contributed by atoms with E-state index in [0.717, 1.165) is 33.6 Å². The van der Waals surface area contributed by atoms with Crippen molar-refractivity contribution in [3.8, 4) is 5.75 Å². The second-order valence-electron chi connectivity index (χ2n) is 6.82. The third kappa shape index (κ3) is 4.14. The number of hydrogen-bond acceptors (Lipinski definition) is 6. The number of benzene rings is 1. The zero-order valence-corrected chi connectivity index (χ0v) is 18.6. The van der Waals surface area contributed by atoms with Crippen molar-refractivity contribution < 1.29 is 9.53 Å². The Morgan fingerprint density at radius 3 is 2.50 bits per heavy atom. The summed E-state index contributed by atoms with van der Waals surface area (Å²) in [5.74, 6) is 0.625. The molecule has 3 aromatic rings. The zero-order chi connectivity index (χ0) is 19.7. The molecule has 9 heteroatoms. The Labute approximate surface area is 175 Å². The number of likely N-dealkylation sites (N-methyl/N-ethyl adjacent to an activating group) is 1. The van der Waals surface area contributed by atoms with Gasteiger partial charge in [-0.3, -0.25) is 14.4 Å². The topological polar surface area (TPSA) is 63.5 Å². The lowest BCUT2D eigenvalue weighted by molar-refractivity contribution is 0.0975. The third-order valence-corrected chi connectivity index (χ3v) is 5.70. The molecule has 0 saturated carbocycles. The van der Waals surface area contributed by atoms with Gasteiger partial charge in [-0.1, -0.05) is 17.4 Å². The molecule has 0 saturated heterocycles. The van der Waals surface area contributed by atoms with Crippen molar-refractivity contribution in [2.24, 2.45) is 7.05 Å². The Kier molecular flexibility index (Phi) is 7.03. The number of aryl methyl sites for hydroxylation is 3. The second kappa shape index (κ2) is 8.89. The lowest BCUT2D eigenvalue weighted by Gasteiger charge is -2.22. The highest BCUT2D eigenvalue weighted by Crippen LogP contribution is 2.36. The maximum Gasteiger partial charge on any atom is 0.278 e. The molecule has 0 aliphatic heterocycles. The van der Waals surface area contributed by atoms with Gasteiger partial charge in [-0.05, 0) is 45.1 Å². The Morgan fingerprint density at radius 2 is 1.93 bits per heavy atom. The standard InChI is InChI=1S/C19H25N5O2S.ClH/c1-12-7-8-14(26-6)15-17(12)27-19(21-15)24(10-9-22(3)4)18(25)16-13(2)11-20-23(16)5;/h7-8,11H,9-10H2,1-6H3;1H. The number of nitrogens with zero attached hydrogens (tertiary/aromatic N) is 5. The number of hydrogen-bond donors (Lipinski definition) is 0. The van der Waals surface area contributed by atoms with Gasteiger partial charge in [-0.15, -0.1) is 12.4 Å². The SMILES string of the molecule is COc1ccc(C)c2sc(N(CCN(C)C)C(=O)c3c(C)cnn3C)nc12.Cl. The van der Waals surface area contributed by atoms with Crippen molar-refractivity contribution in [3.05, 3.63) is 35.2 Å². The number of carbonyl (C=O) groups excluding carboxylic acids is 1. The van der Waals surface area contributed by atoms with Gasteiger partial charge in [0.25, 0.3) is 5.91 Å². The molecule has 2 aromatic heterocycles. The molecular formula is C19H26ClN5O2S. The average Bonchev–Trinajstić information content (AvgIpc) is 3.19. The number of ether oxygens (including phenoxy) is 1. The second-order valence-corrected chi connectivity index (χ2v) is 7.80. The molecule has 0 bridgehead atoms. The van der Waals surface area contributed by atoms with Crippen LogP contribution in [0.15, 0.2) is 18.3 Å². The van der Waals surface area contributed by atoms with Crippen molar-refractivity contribution >= 4 is 45.0 Å². The zero-order valence-electron chi connectivity index (χ0n) is 17.0. The third-order valence-electron chi connectivity index (χ3n) is 4.48. The summed E-state index contributed by atoms with van der Waals surface area (Å²) in [7, 11) is 7.40. The fourth-order valence-electron chi connectivity index (χ4n) is 2.94. The summed E-state index contributed by atoms with van der Waals surface area (Å²) in [5.41, 5.74) is 3.34. The predicted molar refractivity (Wildman–Crippen MR) is 116 cm³/mol. The van der Waals surface area contributed by atoms with Crippen LogP contribution in [-0.2, 0) is 7.05 Å². The number of rotatable bonds is 6. The van der Waals surface area contributed by atoms with Crippen molar-refractivity contribution in [3.63, 3.8) is 0 Å². The first-order valence-corrected chi connectivity index (χ1v) is 9.54. The Bertz CT molecular complexity index is 963. The number of anilines is 1. The van der Waals surface area contributed by atoms with Crippen LogP contribution < -0.4 is 9.64 Å². The lowest BCUT2D eigenvalue weighted by atomic mass is 10.2. The molecule has 0 unspecified atom stereocenters. The van der Waals surface area contributed by atoms with Crippen LogP contribution in [0.1, 0.15) is 21.6 Å². The summed E-state index contributed by atoms with van der Waals surface area (Å²) < 4.78 is 8.12. The van der Waals surface area contributed by atoms with Gasteiger partial charge < -0.3 is 9.64 Å².